The molecule has 2 saturated heterocycles. The Kier molecular flexibility index (Phi) is 5.54. The maximum absolute atomic E-state index is 13.2. The molecule has 1 aromatic carbocycles. The van der Waals surface area contributed by atoms with Crippen molar-refractivity contribution in [2.45, 2.75) is 37.5 Å². The number of carbonyl (C=O) groups excluding carboxylic acids is 2. The molecular formula is C22H31N3O5S. The topological polar surface area (TPSA) is 96.0 Å². The van der Waals surface area contributed by atoms with Gasteiger partial charge in [-0.1, -0.05) is 6.07 Å². The van der Waals surface area contributed by atoms with Crippen LogP contribution in [0.25, 0.3) is 0 Å². The van der Waals surface area contributed by atoms with E-state index in [0.29, 0.717) is 44.8 Å². The van der Waals surface area contributed by atoms with Crippen LogP contribution in [-0.2, 0) is 19.6 Å². The summed E-state index contributed by atoms with van der Waals surface area (Å²) in [6.45, 7) is 3.42. The first kappa shape index (κ1) is 22.1. The van der Waals surface area contributed by atoms with Gasteiger partial charge in [0.05, 0.1) is 17.4 Å². The van der Waals surface area contributed by atoms with Crippen LogP contribution >= 0.6 is 0 Å². The van der Waals surface area contributed by atoms with Gasteiger partial charge >= 0.3 is 0 Å². The number of piperidine rings is 1. The number of amides is 2. The predicted molar refractivity (Wildman–Crippen MR) is 115 cm³/mol. The summed E-state index contributed by atoms with van der Waals surface area (Å²) in [5, 5.41) is 2.82. The number of sulfonamides is 1. The summed E-state index contributed by atoms with van der Waals surface area (Å²) in [6, 6.07) is 6.55. The number of carbonyl (C=O) groups is 2. The Bertz CT molecular complexity index is 987. The number of hydrogen-bond donors (Lipinski definition) is 1. The summed E-state index contributed by atoms with van der Waals surface area (Å²) in [6.07, 6.45) is 3.03. The van der Waals surface area contributed by atoms with Crippen LogP contribution in [0.4, 0.5) is 0 Å². The number of methoxy groups -OCH3 is 1. The molecule has 1 aromatic rings. The zero-order chi connectivity index (χ0) is 22.4. The fraction of sp³-hybridized carbons (Fsp3) is 0.636. The smallest absolute Gasteiger partial charge is 0.243 e. The molecule has 3 aliphatic rings. The van der Waals surface area contributed by atoms with Gasteiger partial charge in [-0.2, -0.15) is 4.31 Å². The molecule has 2 heterocycles. The molecule has 0 bridgehead atoms. The lowest BCUT2D eigenvalue weighted by Crippen LogP contribution is -2.49. The Balaban J connectivity index is 1.56. The van der Waals surface area contributed by atoms with Crippen LogP contribution in [-0.4, -0.2) is 69.8 Å². The summed E-state index contributed by atoms with van der Waals surface area (Å²) in [5.41, 5.74) is -0.675. The van der Waals surface area contributed by atoms with Gasteiger partial charge < -0.3 is 15.0 Å². The second-order valence-corrected chi connectivity index (χ2v) is 11.1. The second-order valence-electron chi connectivity index (χ2n) is 9.13. The maximum Gasteiger partial charge on any atom is 0.243 e. The average Bonchev–Trinajstić information content (AvgIpc) is 3.31. The van der Waals surface area contributed by atoms with E-state index in [9.17, 15) is 18.0 Å². The molecule has 31 heavy (non-hydrogen) atoms. The summed E-state index contributed by atoms with van der Waals surface area (Å²) in [4.78, 5) is 27.0. The first-order chi connectivity index (χ1) is 14.7. The normalized spacial score (nSPS) is 27.8. The van der Waals surface area contributed by atoms with Crippen molar-refractivity contribution in [1.82, 2.24) is 14.5 Å². The summed E-state index contributed by atoms with van der Waals surface area (Å²) in [7, 11) is -0.447. The zero-order valence-corrected chi connectivity index (χ0v) is 19.2. The third-order valence-corrected chi connectivity index (χ3v) is 9.77. The molecule has 170 valence electrons. The molecule has 0 radical (unpaired) electrons. The number of ether oxygens (including phenoxy) is 1. The van der Waals surface area contributed by atoms with Gasteiger partial charge in [-0.15, -0.1) is 0 Å². The number of nitrogens with one attached hydrogen (secondary N) is 1. The highest BCUT2D eigenvalue weighted by atomic mass is 32.2. The third kappa shape index (κ3) is 3.42. The van der Waals surface area contributed by atoms with Gasteiger partial charge in [-0.25, -0.2) is 8.42 Å². The third-order valence-electron chi connectivity index (χ3n) is 7.87. The largest absolute Gasteiger partial charge is 0.497 e. The molecule has 2 atom stereocenters. The van der Waals surface area contributed by atoms with Gasteiger partial charge in [0.1, 0.15) is 5.75 Å². The van der Waals surface area contributed by atoms with Crippen LogP contribution in [0.5, 0.6) is 5.75 Å². The number of rotatable bonds is 4. The predicted octanol–water partition coefficient (Wildman–Crippen LogP) is 1.47. The van der Waals surface area contributed by atoms with Gasteiger partial charge in [-0.05, 0) is 49.1 Å². The Hall–Kier alpha value is -2.13. The fourth-order valence-corrected chi connectivity index (χ4v) is 7.58. The zero-order valence-electron chi connectivity index (χ0n) is 18.4. The summed E-state index contributed by atoms with van der Waals surface area (Å²) >= 11 is 0. The van der Waals surface area contributed by atoms with E-state index in [0.717, 1.165) is 12.8 Å². The van der Waals surface area contributed by atoms with Crippen LogP contribution in [0, 0.1) is 16.7 Å². The van der Waals surface area contributed by atoms with E-state index in [1.807, 2.05) is 0 Å². The van der Waals surface area contributed by atoms with Crippen LogP contribution in [0.2, 0.25) is 0 Å². The van der Waals surface area contributed by atoms with Gasteiger partial charge in [0.2, 0.25) is 21.8 Å². The minimum Gasteiger partial charge on any atom is -0.497 e. The van der Waals surface area contributed by atoms with E-state index in [-0.39, 0.29) is 28.0 Å². The van der Waals surface area contributed by atoms with E-state index < -0.39 is 15.4 Å². The van der Waals surface area contributed by atoms with E-state index in [2.05, 4.69) is 5.32 Å². The Morgan fingerprint density at radius 3 is 2.48 bits per heavy atom. The molecule has 1 spiro atoms. The molecule has 9 heteroatoms. The molecule has 2 aliphatic heterocycles. The molecule has 2 amide bonds. The monoisotopic (exact) mass is 449 g/mol. The van der Waals surface area contributed by atoms with Gasteiger partial charge in [0, 0.05) is 46.2 Å². The summed E-state index contributed by atoms with van der Waals surface area (Å²) < 4.78 is 33.1. The molecule has 1 N–H and O–H groups in total. The molecule has 8 nitrogen and oxygen atoms in total. The molecule has 3 fully saturated rings. The van der Waals surface area contributed by atoms with Crippen molar-refractivity contribution in [2.24, 2.45) is 16.7 Å². The minimum atomic E-state index is -3.61. The molecule has 4 rings (SSSR count). The van der Waals surface area contributed by atoms with Crippen LogP contribution < -0.4 is 10.1 Å². The van der Waals surface area contributed by atoms with E-state index >= 15 is 0 Å². The Morgan fingerprint density at radius 2 is 1.87 bits per heavy atom. The molecule has 1 saturated carbocycles. The number of hydrogen-bond acceptors (Lipinski definition) is 5. The lowest BCUT2D eigenvalue weighted by molar-refractivity contribution is -0.133. The average molecular weight is 450 g/mol. The van der Waals surface area contributed by atoms with Crippen molar-refractivity contribution in [1.29, 1.82) is 0 Å². The van der Waals surface area contributed by atoms with Crippen molar-refractivity contribution < 1.29 is 22.7 Å². The first-order valence-electron chi connectivity index (χ1n) is 10.8. The van der Waals surface area contributed by atoms with E-state index in [1.165, 1.54) is 7.11 Å². The van der Waals surface area contributed by atoms with Crippen molar-refractivity contribution in [2.75, 3.05) is 40.3 Å². The lowest BCUT2D eigenvalue weighted by atomic mass is 9.66. The van der Waals surface area contributed by atoms with Crippen LogP contribution in [0.1, 0.15) is 32.6 Å². The standard InChI is InChI=1S/C22H31N3O5S/c1-16(26)24-14-19-21(7-8-22(19,15-24)20(27)23-2)9-11-25(12-10-21)31(28,29)18-6-4-5-17(13-18)30-3/h4-6,13,19H,7-12,14-15H2,1-3H3,(H,23,27)/t19-,22+/m0/s1. The maximum atomic E-state index is 13.2. The van der Waals surface area contributed by atoms with Crippen LogP contribution in [0.3, 0.4) is 0 Å². The second kappa shape index (κ2) is 7.78. The van der Waals surface area contributed by atoms with Gasteiger partial charge in [0.15, 0.2) is 0 Å². The van der Waals surface area contributed by atoms with Crippen molar-refractivity contribution in [3.05, 3.63) is 24.3 Å². The van der Waals surface area contributed by atoms with E-state index in [4.69, 9.17) is 4.74 Å². The quantitative estimate of drug-likeness (QED) is 0.751. The lowest BCUT2D eigenvalue weighted by Gasteiger charge is -2.43. The van der Waals surface area contributed by atoms with Crippen LogP contribution in [0.15, 0.2) is 29.2 Å². The minimum absolute atomic E-state index is 0.00422. The van der Waals surface area contributed by atoms with Crippen molar-refractivity contribution >= 4 is 21.8 Å². The van der Waals surface area contributed by atoms with E-state index in [1.54, 1.807) is 47.4 Å². The SMILES string of the molecule is CNC(=O)[C@@]12CCC3(CCN(S(=O)(=O)c4cccc(OC)c4)CC3)[C@@H]1CN(C(C)=O)C2. The molecule has 0 aromatic heterocycles. The highest BCUT2D eigenvalue weighted by Gasteiger charge is 2.64. The number of likely N-dealkylation sites (tertiary alicyclic amines) is 1. The van der Waals surface area contributed by atoms with Crippen molar-refractivity contribution in [3.63, 3.8) is 0 Å². The highest BCUT2D eigenvalue weighted by molar-refractivity contribution is 7.89. The molecule has 1 aliphatic carbocycles. The van der Waals surface area contributed by atoms with Gasteiger partial charge in [0.25, 0.3) is 0 Å². The van der Waals surface area contributed by atoms with Crippen molar-refractivity contribution in [3.8, 4) is 5.75 Å². The number of benzene rings is 1. The number of fused-ring (bicyclic) bond motifs is 2. The molecular weight excluding hydrogens is 418 g/mol. The molecule has 0 unspecified atom stereocenters. The summed E-state index contributed by atoms with van der Waals surface area (Å²) in [5.74, 6) is 0.567. The first-order valence-corrected chi connectivity index (χ1v) is 12.2. The number of nitrogens with zero attached hydrogens (tertiary/aromatic N) is 2. The Labute approximate surface area is 184 Å². The van der Waals surface area contributed by atoms with Gasteiger partial charge in [-0.3, -0.25) is 9.59 Å². The highest BCUT2D eigenvalue weighted by Crippen LogP contribution is 2.62. The fourth-order valence-electron chi connectivity index (χ4n) is 6.10. The Morgan fingerprint density at radius 1 is 1.16 bits per heavy atom.